The van der Waals surface area contributed by atoms with Crippen LogP contribution in [0.2, 0.25) is 0 Å². The molecule has 3 rings (SSSR count). The largest absolute Gasteiger partial charge is 0.493 e. The van der Waals surface area contributed by atoms with Crippen molar-refractivity contribution in [3.05, 3.63) is 82.3 Å². The summed E-state index contributed by atoms with van der Waals surface area (Å²) in [4.78, 5) is 12.3. The number of ether oxygens (including phenoxy) is 2. The summed E-state index contributed by atoms with van der Waals surface area (Å²) in [6.07, 6.45) is 0. The summed E-state index contributed by atoms with van der Waals surface area (Å²) in [6.45, 7) is 2.38. The number of hydrazine groups is 1. The van der Waals surface area contributed by atoms with E-state index in [1.54, 1.807) is 13.2 Å². The van der Waals surface area contributed by atoms with Crippen molar-refractivity contribution in [2.75, 3.05) is 24.5 Å². The fourth-order valence-corrected chi connectivity index (χ4v) is 3.25. The molecule has 0 bridgehead atoms. The molecule has 0 heterocycles. The maximum atomic E-state index is 12.3. The van der Waals surface area contributed by atoms with Crippen LogP contribution in [0, 0.1) is 6.92 Å². The molecule has 0 aliphatic heterocycles. The number of amides is 1. The molecule has 0 saturated carbocycles. The Morgan fingerprint density at radius 2 is 1.73 bits per heavy atom. The first-order valence-electron chi connectivity index (χ1n) is 9.45. The Bertz CT molecular complexity index is 996. The first-order valence-corrected chi connectivity index (χ1v) is 10.2. The van der Waals surface area contributed by atoms with Crippen molar-refractivity contribution in [1.82, 2.24) is 5.43 Å². The van der Waals surface area contributed by atoms with Gasteiger partial charge in [-0.05, 0) is 48.4 Å². The Morgan fingerprint density at radius 1 is 1.00 bits per heavy atom. The molecule has 30 heavy (non-hydrogen) atoms. The fourth-order valence-electron chi connectivity index (χ4n) is 2.79. The van der Waals surface area contributed by atoms with Crippen LogP contribution in [0.4, 0.5) is 11.4 Å². The van der Waals surface area contributed by atoms with E-state index in [2.05, 4.69) is 32.1 Å². The van der Waals surface area contributed by atoms with E-state index in [4.69, 9.17) is 9.47 Å². The van der Waals surface area contributed by atoms with Crippen molar-refractivity contribution in [1.29, 1.82) is 0 Å². The van der Waals surface area contributed by atoms with Gasteiger partial charge in [-0.3, -0.25) is 4.79 Å². The lowest BCUT2D eigenvalue weighted by atomic mass is 10.2. The standard InChI is InChI=1S/C23H24BrN3O3/c1-16-8-6-7-11-20(16)26-23(28)15-30-22-13-19(24)17(12-21(22)29-2)14-25-27-18-9-4-3-5-10-18/h3-13,25,27H,14-15H2,1-2H3,(H,26,28). The van der Waals surface area contributed by atoms with E-state index >= 15 is 0 Å². The summed E-state index contributed by atoms with van der Waals surface area (Å²) in [5, 5.41) is 2.85. The number of hydrogen-bond acceptors (Lipinski definition) is 5. The number of carbonyl (C=O) groups is 1. The summed E-state index contributed by atoms with van der Waals surface area (Å²) in [7, 11) is 1.57. The fraction of sp³-hybridized carbons (Fsp3) is 0.174. The molecular formula is C23H24BrN3O3. The summed E-state index contributed by atoms with van der Waals surface area (Å²) in [5.74, 6) is 0.808. The van der Waals surface area contributed by atoms with Crippen molar-refractivity contribution in [3.8, 4) is 11.5 Å². The van der Waals surface area contributed by atoms with Crippen molar-refractivity contribution in [3.63, 3.8) is 0 Å². The molecule has 0 aliphatic rings. The lowest BCUT2D eigenvalue weighted by molar-refractivity contribution is -0.118. The molecular weight excluding hydrogens is 446 g/mol. The molecule has 0 spiro atoms. The van der Waals surface area contributed by atoms with Crippen molar-refractivity contribution in [2.24, 2.45) is 0 Å². The number of aryl methyl sites for hydroxylation is 1. The van der Waals surface area contributed by atoms with Crippen LogP contribution in [0.15, 0.2) is 71.2 Å². The minimum absolute atomic E-state index is 0.121. The van der Waals surface area contributed by atoms with Crippen LogP contribution in [0.25, 0.3) is 0 Å². The molecule has 0 fully saturated rings. The first kappa shape index (κ1) is 21.7. The van der Waals surface area contributed by atoms with Gasteiger partial charge in [-0.15, -0.1) is 0 Å². The van der Waals surface area contributed by atoms with Crippen LogP contribution in [-0.2, 0) is 11.3 Å². The first-order chi connectivity index (χ1) is 14.6. The van der Waals surface area contributed by atoms with Crippen LogP contribution in [-0.4, -0.2) is 19.6 Å². The molecule has 0 unspecified atom stereocenters. The molecule has 3 aromatic rings. The van der Waals surface area contributed by atoms with Gasteiger partial charge in [0.25, 0.3) is 5.91 Å². The zero-order chi connectivity index (χ0) is 21.3. The highest BCUT2D eigenvalue weighted by molar-refractivity contribution is 9.10. The predicted octanol–water partition coefficient (Wildman–Crippen LogP) is 4.90. The molecule has 1 amide bonds. The topological polar surface area (TPSA) is 71.6 Å². The zero-order valence-corrected chi connectivity index (χ0v) is 18.5. The van der Waals surface area contributed by atoms with Gasteiger partial charge in [-0.2, -0.15) is 0 Å². The van der Waals surface area contributed by atoms with Gasteiger partial charge in [0.2, 0.25) is 0 Å². The minimum Gasteiger partial charge on any atom is -0.493 e. The molecule has 0 atom stereocenters. The minimum atomic E-state index is -0.236. The van der Waals surface area contributed by atoms with Crippen LogP contribution in [0.1, 0.15) is 11.1 Å². The van der Waals surface area contributed by atoms with E-state index in [0.717, 1.165) is 27.0 Å². The number of halogens is 1. The van der Waals surface area contributed by atoms with Gasteiger partial charge in [0.15, 0.2) is 18.1 Å². The summed E-state index contributed by atoms with van der Waals surface area (Å²) in [6, 6.07) is 21.1. The Hall–Kier alpha value is -3.03. The van der Waals surface area contributed by atoms with Crippen molar-refractivity contribution >= 4 is 33.2 Å². The summed E-state index contributed by atoms with van der Waals surface area (Å²) >= 11 is 3.56. The van der Waals surface area contributed by atoms with E-state index in [9.17, 15) is 4.79 Å². The highest BCUT2D eigenvalue weighted by atomic mass is 79.9. The Morgan fingerprint density at radius 3 is 2.47 bits per heavy atom. The zero-order valence-electron chi connectivity index (χ0n) is 16.9. The molecule has 7 heteroatoms. The molecule has 0 aliphatic carbocycles. The predicted molar refractivity (Wildman–Crippen MR) is 123 cm³/mol. The monoisotopic (exact) mass is 469 g/mol. The van der Waals surface area contributed by atoms with Gasteiger partial charge in [0.05, 0.1) is 7.11 Å². The van der Waals surface area contributed by atoms with Gasteiger partial charge in [0, 0.05) is 22.4 Å². The molecule has 0 radical (unpaired) electrons. The van der Waals surface area contributed by atoms with Crippen LogP contribution in [0.5, 0.6) is 11.5 Å². The smallest absolute Gasteiger partial charge is 0.262 e. The molecule has 0 aromatic heterocycles. The third kappa shape index (κ3) is 5.98. The number of para-hydroxylation sites is 2. The van der Waals surface area contributed by atoms with E-state index in [1.807, 2.05) is 67.6 Å². The number of anilines is 2. The second-order valence-electron chi connectivity index (χ2n) is 6.59. The SMILES string of the molecule is COc1cc(CNNc2ccccc2)c(Br)cc1OCC(=O)Nc1ccccc1C. The number of rotatable bonds is 9. The lowest BCUT2D eigenvalue weighted by Gasteiger charge is -2.15. The molecule has 3 N–H and O–H groups in total. The van der Waals surface area contributed by atoms with E-state index < -0.39 is 0 Å². The lowest BCUT2D eigenvalue weighted by Crippen LogP contribution is -2.22. The quantitative estimate of drug-likeness (QED) is 0.388. The molecule has 0 saturated heterocycles. The highest BCUT2D eigenvalue weighted by Gasteiger charge is 2.13. The van der Waals surface area contributed by atoms with Gasteiger partial charge >= 0.3 is 0 Å². The second kappa shape index (κ2) is 10.7. The Balaban J connectivity index is 1.59. The normalized spacial score (nSPS) is 10.4. The molecule has 3 aromatic carbocycles. The van der Waals surface area contributed by atoms with Crippen LogP contribution >= 0.6 is 15.9 Å². The maximum absolute atomic E-state index is 12.3. The Labute approximate surface area is 184 Å². The molecule has 156 valence electrons. The number of nitrogens with one attached hydrogen (secondary N) is 3. The van der Waals surface area contributed by atoms with Crippen LogP contribution in [0.3, 0.4) is 0 Å². The van der Waals surface area contributed by atoms with Gasteiger partial charge in [-0.1, -0.05) is 52.3 Å². The number of methoxy groups -OCH3 is 1. The second-order valence-corrected chi connectivity index (χ2v) is 7.45. The van der Waals surface area contributed by atoms with Crippen molar-refractivity contribution in [2.45, 2.75) is 13.5 Å². The number of carbonyl (C=O) groups excluding carboxylic acids is 1. The van der Waals surface area contributed by atoms with Gasteiger partial charge < -0.3 is 20.2 Å². The van der Waals surface area contributed by atoms with E-state index in [1.165, 1.54) is 0 Å². The summed E-state index contributed by atoms with van der Waals surface area (Å²) < 4.78 is 12.0. The van der Waals surface area contributed by atoms with Crippen molar-refractivity contribution < 1.29 is 14.3 Å². The third-order valence-corrected chi connectivity index (χ3v) is 5.13. The highest BCUT2D eigenvalue weighted by Crippen LogP contribution is 2.33. The Kier molecular flexibility index (Phi) is 7.70. The van der Waals surface area contributed by atoms with E-state index in [-0.39, 0.29) is 12.5 Å². The van der Waals surface area contributed by atoms with Gasteiger partial charge in [0.1, 0.15) is 0 Å². The number of benzene rings is 3. The third-order valence-electron chi connectivity index (χ3n) is 4.40. The molecule has 6 nitrogen and oxygen atoms in total. The summed E-state index contributed by atoms with van der Waals surface area (Å²) in [5.41, 5.74) is 10.0. The maximum Gasteiger partial charge on any atom is 0.262 e. The van der Waals surface area contributed by atoms with Crippen LogP contribution < -0.4 is 25.6 Å². The average molecular weight is 470 g/mol. The van der Waals surface area contributed by atoms with Gasteiger partial charge in [-0.25, -0.2) is 5.43 Å². The van der Waals surface area contributed by atoms with E-state index in [0.29, 0.717) is 18.0 Å². The number of hydrogen-bond donors (Lipinski definition) is 3. The average Bonchev–Trinajstić information content (AvgIpc) is 2.76.